The summed E-state index contributed by atoms with van der Waals surface area (Å²) in [6, 6.07) is 0. The number of aromatic nitrogens is 2. The van der Waals surface area contributed by atoms with Crippen molar-refractivity contribution < 1.29 is 14.3 Å². The zero-order valence-electron chi connectivity index (χ0n) is 11.5. The van der Waals surface area contributed by atoms with Gasteiger partial charge in [0, 0.05) is 10.8 Å². The first-order chi connectivity index (χ1) is 9.34. The molecule has 0 saturated carbocycles. The van der Waals surface area contributed by atoms with Crippen LogP contribution in [0.1, 0.15) is 38.1 Å². The normalized spacial score (nSPS) is 11.8. The molecule has 0 aromatic carbocycles. The van der Waals surface area contributed by atoms with E-state index in [1.807, 2.05) is 0 Å². The standard InChI is InChI=1S/C13H16N2O3S2/c1-13(2,3)9-5-14-10(18-9)7-20-12-15-8(6-19-12)4-11(16)17/h5-6H,4,7H2,1-3H3,(H,16,17). The first-order valence-corrected chi connectivity index (χ1v) is 7.95. The number of carbonyl (C=O) groups is 1. The molecule has 0 radical (unpaired) electrons. The molecule has 2 heterocycles. The van der Waals surface area contributed by atoms with E-state index in [1.54, 1.807) is 11.6 Å². The highest BCUT2D eigenvalue weighted by Crippen LogP contribution is 2.28. The number of carboxylic acid groups (broad SMARTS) is 1. The summed E-state index contributed by atoms with van der Waals surface area (Å²) in [5.74, 6) is 1.25. The fourth-order valence-electron chi connectivity index (χ4n) is 1.44. The fourth-order valence-corrected chi connectivity index (χ4v) is 3.14. The zero-order chi connectivity index (χ0) is 14.8. The van der Waals surface area contributed by atoms with Crippen molar-refractivity contribution in [1.29, 1.82) is 0 Å². The number of nitrogens with zero attached hydrogens (tertiary/aromatic N) is 2. The molecule has 0 atom stereocenters. The number of oxazole rings is 1. The average Bonchev–Trinajstić information content (AvgIpc) is 2.93. The molecule has 7 heteroatoms. The lowest BCUT2D eigenvalue weighted by Gasteiger charge is -2.12. The minimum absolute atomic E-state index is 0.0375. The summed E-state index contributed by atoms with van der Waals surface area (Å²) >= 11 is 2.95. The first kappa shape index (κ1) is 15.1. The number of carboxylic acids is 1. The number of thioether (sulfide) groups is 1. The van der Waals surface area contributed by atoms with Crippen LogP contribution in [0.25, 0.3) is 0 Å². The molecule has 0 aliphatic carbocycles. The molecule has 2 aromatic heterocycles. The van der Waals surface area contributed by atoms with Crippen molar-refractivity contribution in [3.8, 4) is 0 Å². The van der Waals surface area contributed by atoms with Crippen LogP contribution in [0.15, 0.2) is 20.3 Å². The summed E-state index contributed by atoms with van der Waals surface area (Å²) < 4.78 is 6.52. The predicted molar refractivity (Wildman–Crippen MR) is 78.2 cm³/mol. The molecule has 0 spiro atoms. The van der Waals surface area contributed by atoms with Gasteiger partial charge in [-0.15, -0.1) is 11.3 Å². The van der Waals surface area contributed by atoms with Gasteiger partial charge in [-0.25, -0.2) is 9.97 Å². The number of hydrogen-bond acceptors (Lipinski definition) is 6. The lowest BCUT2D eigenvalue weighted by Crippen LogP contribution is -2.09. The van der Waals surface area contributed by atoms with Gasteiger partial charge in [0.15, 0.2) is 4.34 Å². The second-order valence-corrected chi connectivity index (χ2v) is 7.41. The van der Waals surface area contributed by atoms with E-state index in [0.29, 0.717) is 17.3 Å². The van der Waals surface area contributed by atoms with E-state index in [4.69, 9.17) is 9.52 Å². The number of aliphatic carboxylic acids is 1. The van der Waals surface area contributed by atoms with Crippen LogP contribution in [-0.4, -0.2) is 21.0 Å². The summed E-state index contributed by atoms with van der Waals surface area (Å²) in [6.45, 7) is 6.22. The van der Waals surface area contributed by atoms with E-state index < -0.39 is 5.97 Å². The first-order valence-electron chi connectivity index (χ1n) is 6.09. The van der Waals surface area contributed by atoms with Crippen LogP contribution in [0.2, 0.25) is 0 Å². The van der Waals surface area contributed by atoms with Gasteiger partial charge in [0.05, 0.1) is 24.1 Å². The van der Waals surface area contributed by atoms with Gasteiger partial charge in [0.2, 0.25) is 5.89 Å². The SMILES string of the molecule is CC(C)(C)c1cnc(CSc2nc(CC(=O)O)cs2)o1. The molecule has 0 aliphatic heterocycles. The van der Waals surface area contributed by atoms with E-state index in [0.717, 1.165) is 10.1 Å². The maximum absolute atomic E-state index is 10.6. The van der Waals surface area contributed by atoms with Crippen molar-refractivity contribution in [2.24, 2.45) is 0 Å². The lowest BCUT2D eigenvalue weighted by atomic mass is 9.94. The van der Waals surface area contributed by atoms with Crippen LogP contribution in [0.3, 0.4) is 0 Å². The van der Waals surface area contributed by atoms with Crippen LogP contribution < -0.4 is 0 Å². The van der Waals surface area contributed by atoms with Crippen molar-refractivity contribution in [3.05, 3.63) is 28.9 Å². The minimum Gasteiger partial charge on any atom is -0.481 e. The van der Waals surface area contributed by atoms with Crippen molar-refractivity contribution in [2.75, 3.05) is 0 Å². The van der Waals surface area contributed by atoms with Crippen LogP contribution in [-0.2, 0) is 22.4 Å². The molecule has 0 amide bonds. The Bertz CT molecular complexity index is 599. The number of hydrogen-bond donors (Lipinski definition) is 1. The second kappa shape index (κ2) is 5.97. The van der Waals surface area contributed by atoms with Crippen molar-refractivity contribution >= 4 is 29.1 Å². The van der Waals surface area contributed by atoms with Crippen LogP contribution in [0, 0.1) is 0 Å². The number of thiazole rings is 1. The molecule has 20 heavy (non-hydrogen) atoms. The largest absolute Gasteiger partial charge is 0.481 e. The molecule has 2 rings (SSSR count). The van der Waals surface area contributed by atoms with Gasteiger partial charge < -0.3 is 9.52 Å². The third-order valence-electron chi connectivity index (χ3n) is 2.47. The Morgan fingerprint density at radius 3 is 2.85 bits per heavy atom. The lowest BCUT2D eigenvalue weighted by molar-refractivity contribution is -0.136. The molecule has 0 fully saturated rings. The van der Waals surface area contributed by atoms with Crippen LogP contribution in [0.5, 0.6) is 0 Å². The Hall–Kier alpha value is -1.34. The van der Waals surface area contributed by atoms with Crippen molar-refractivity contribution in [3.63, 3.8) is 0 Å². The van der Waals surface area contributed by atoms with Crippen molar-refractivity contribution in [1.82, 2.24) is 9.97 Å². The minimum atomic E-state index is -0.866. The summed E-state index contributed by atoms with van der Waals surface area (Å²) in [7, 11) is 0. The van der Waals surface area contributed by atoms with Gasteiger partial charge in [-0.2, -0.15) is 0 Å². The Morgan fingerprint density at radius 1 is 1.50 bits per heavy atom. The molecule has 0 aliphatic rings. The molecule has 2 aromatic rings. The maximum Gasteiger partial charge on any atom is 0.309 e. The highest BCUT2D eigenvalue weighted by Gasteiger charge is 2.19. The zero-order valence-corrected chi connectivity index (χ0v) is 13.2. The summed E-state index contributed by atoms with van der Waals surface area (Å²) in [6.07, 6.45) is 1.72. The van der Waals surface area contributed by atoms with Crippen LogP contribution in [0.4, 0.5) is 0 Å². The van der Waals surface area contributed by atoms with Gasteiger partial charge in [-0.3, -0.25) is 4.79 Å². The quantitative estimate of drug-likeness (QED) is 0.853. The predicted octanol–water partition coefficient (Wildman–Crippen LogP) is 3.35. The van der Waals surface area contributed by atoms with Gasteiger partial charge in [-0.1, -0.05) is 32.5 Å². The summed E-state index contributed by atoms with van der Waals surface area (Å²) in [5, 5.41) is 10.5. The second-order valence-electron chi connectivity index (χ2n) is 5.33. The fraction of sp³-hybridized carbons (Fsp3) is 0.462. The molecular weight excluding hydrogens is 296 g/mol. The molecule has 1 N–H and O–H groups in total. The average molecular weight is 312 g/mol. The Morgan fingerprint density at radius 2 is 2.25 bits per heavy atom. The third kappa shape index (κ3) is 4.08. The number of rotatable bonds is 5. The maximum atomic E-state index is 10.6. The Balaban J connectivity index is 1.93. The van der Waals surface area contributed by atoms with E-state index in [-0.39, 0.29) is 11.8 Å². The van der Waals surface area contributed by atoms with Crippen LogP contribution >= 0.6 is 23.1 Å². The third-order valence-corrected chi connectivity index (χ3v) is 4.53. The Labute approximate surface area is 125 Å². The van der Waals surface area contributed by atoms with Gasteiger partial charge >= 0.3 is 5.97 Å². The van der Waals surface area contributed by atoms with Gasteiger partial charge in [-0.05, 0) is 0 Å². The van der Waals surface area contributed by atoms with E-state index in [2.05, 4.69) is 30.7 Å². The monoisotopic (exact) mass is 312 g/mol. The molecule has 0 bridgehead atoms. The highest BCUT2D eigenvalue weighted by molar-refractivity contribution is 8.00. The van der Waals surface area contributed by atoms with E-state index in [1.165, 1.54) is 23.1 Å². The molecule has 0 unspecified atom stereocenters. The van der Waals surface area contributed by atoms with E-state index >= 15 is 0 Å². The highest BCUT2D eigenvalue weighted by atomic mass is 32.2. The molecule has 0 saturated heterocycles. The van der Waals surface area contributed by atoms with E-state index in [9.17, 15) is 4.79 Å². The topological polar surface area (TPSA) is 76.2 Å². The van der Waals surface area contributed by atoms with Gasteiger partial charge in [0.1, 0.15) is 5.76 Å². The summed E-state index contributed by atoms with van der Waals surface area (Å²) in [4.78, 5) is 19.1. The molecule has 108 valence electrons. The Kier molecular flexibility index (Phi) is 4.49. The molecular formula is C13H16N2O3S2. The molecule has 5 nitrogen and oxygen atoms in total. The summed E-state index contributed by atoms with van der Waals surface area (Å²) in [5.41, 5.74) is 0.541. The smallest absolute Gasteiger partial charge is 0.309 e. The van der Waals surface area contributed by atoms with Gasteiger partial charge in [0.25, 0.3) is 0 Å². The van der Waals surface area contributed by atoms with Crippen molar-refractivity contribution in [2.45, 2.75) is 42.7 Å².